The van der Waals surface area contributed by atoms with Crippen LogP contribution in [0.3, 0.4) is 0 Å². The zero-order chi connectivity index (χ0) is 56.1. The SMILES string of the molecule is N[C@H](CN1CCCC1)C(O)c1ccc(OC2COC2)c(Cl)c1.O=C(N[C@H](CN1CCCC1)[C@H](O)c1ccc(OC2COC2)c(Cl)c1)C(F)(F)CCc1ccc2ccccc2c1.O=C(O)C(F)(F)CCc1ccc2ccccc2c1.[U]. The van der Waals surface area contributed by atoms with Crippen LogP contribution in [-0.2, 0) is 31.9 Å². The number of carbonyl (C=O) groups is 2. The molecule has 4 aliphatic heterocycles. The minimum atomic E-state index is -3.66. The third-order valence-electron chi connectivity index (χ3n) is 14.5. The molecule has 1 amide bonds. The molecule has 4 saturated heterocycles. The number of alkyl halides is 4. The van der Waals surface area contributed by atoms with Gasteiger partial charge in [0.2, 0.25) is 0 Å². The van der Waals surface area contributed by atoms with Gasteiger partial charge in [-0.2, -0.15) is 17.6 Å². The summed E-state index contributed by atoms with van der Waals surface area (Å²) < 4.78 is 77.7. The fourth-order valence-electron chi connectivity index (χ4n) is 9.71. The van der Waals surface area contributed by atoms with Crippen molar-refractivity contribution in [2.45, 2.75) is 99.7 Å². The van der Waals surface area contributed by atoms with Crippen molar-refractivity contribution >= 4 is 56.6 Å². The predicted octanol–water partition coefficient (Wildman–Crippen LogP) is 10.2. The Kier molecular flexibility index (Phi) is 23.3. The number of aliphatic carboxylic acids is 1. The number of nitrogens with one attached hydrogen (secondary N) is 1. The number of halogens is 6. The second kappa shape index (κ2) is 29.6. The number of ether oxygens (including phenoxy) is 4. The molecule has 0 spiro atoms. The van der Waals surface area contributed by atoms with Crippen molar-refractivity contribution in [3.05, 3.63) is 154 Å². The van der Waals surface area contributed by atoms with E-state index in [1.165, 1.54) is 12.8 Å². The molecular formula is C60H68Cl2F4N4O9U. The van der Waals surface area contributed by atoms with Gasteiger partial charge in [-0.15, -0.1) is 0 Å². The van der Waals surface area contributed by atoms with Crippen molar-refractivity contribution in [1.82, 2.24) is 15.1 Å². The molecule has 6 N–H and O–H groups in total. The zero-order valence-electron chi connectivity index (χ0n) is 44.3. The number of aliphatic hydroxyl groups is 2. The van der Waals surface area contributed by atoms with Gasteiger partial charge in [-0.25, -0.2) is 4.79 Å². The van der Waals surface area contributed by atoms with Crippen LogP contribution in [0.2, 0.25) is 10.0 Å². The Hall–Kier alpha value is -4.55. The largest absolute Gasteiger partial charge is 0.484 e. The van der Waals surface area contributed by atoms with E-state index in [0.717, 1.165) is 77.3 Å². The maximum absolute atomic E-state index is 15.1. The molecule has 0 aromatic heterocycles. The van der Waals surface area contributed by atoms with Crippen LogP contribution in [0.5, 0.6) is 11.5 Å². The summed E-state index contributed by atoms with van der Waals surface area (Å²) in [7, 11) is 0. The molecule has 428 valence electrons. The van der Waals surface area contributed by atoms with Gasteiger partial charge >= 0.3 is 17.8 Å². The quantitative estimate of drug-likeness (QED) is 0.0432. The number of rotatable bonds is 21. The van der Waals surface area contributed by atoms with Crippen LogP contribution in [0.1, 0.15) is 73.0 Å². The maximum atomic E-state index is 15.1. The molecule has 1 unspecified atom stereocenters. The Morgan fingerprint density at radius 1 is 0.613 bits per heavy atom. The molecule has 0 bridgehead atoms. The van der Waals surface area contributed by atoms with Gasteiger partial charge < -0.3 is 55.1 Å². The Morgan fingerprint density at radius 3 is 1.46 bits per heavy atom. The first-order chi connectivity index (χ1) is 37.9. The summed E-state index contributed by atoms with van der Waals surface area (Å²) in [6.07, 6.45) is 1.23. The second-order valence-electron chi connectivity index (χ2n) is 20.7. The molecular weight excluding hydrogens is 1310 g/mol. The molecule has 0 saturated carbocycles. The average molecular weight is 1370 g/mol. The maximum Gasteiger partial charge on any atom is 0.374 e. The Morgan fingerprint density at radius 2 is 1.04 bits per heavy atom. The van der Waals surface area contributed by atoms with E-state index in [2.05, 4.69) is 15.1 Å². The van der Waals surface area contributed by atoms with Crippen molar-refractivity contribution in [2.24, 2.45) is 5.73 Å². The average Bonchev–Trinajstić information content (AvgIpc) is 4.15. The number of aliphatic hydroxyl groups excluding tert-OH is 2. The smallest absolute Gasteiger partial charge is 0.374 e. The first-order valence-electron chi connectivity index (χ1n) is 26.8. The molecule has 4 aliphatic rings. The molecule has 4 fully saturated rings. The van der Waals surface area contributed by atoms with Gasteiger partial charge in [-0.1, -0.05) is 120 Å². The van der Waals surface area contributed by atoms with E-state index in [0.29, 0.717) is 60.1 Å². The summed E-state index contributed by atoms with van der Waals surface area (Å²) in [6, 6.07) is 35.3. The number of hydrogen-bond donors (Lipinski definition) is 5. The van der Waals surface area contributed by atoms with Crippen LogP contribution in [0.15, 0.2) is 121 Å². The van der Waals surface area contributed by atoms with Crippen molar-refractivity contribution < 1.29 is 92.5 Å². The minimum absolute atomic E-state index is 0. The van der Waals surface area contributed by atoms with Crippen LogP contribution in [-0.4, -0.2) is 139 Å². The molecule has 0 aliphatic carbocycles. The molecule has 20 heteroatoms. The molecule has 6 aromatic carbocycles. The van der Waals surface area contributed by atoms with E-state index in [-0.39, 0.29) is 68.7 Å². The fraction of sp³-hybridized carbons (Fsp3) is 0.433. The summed E-state index contributed by atoms with van der Waals surface area (Å²) >= 11 is 12.6. The van der Waals surface area contributed by atoms with Crippen LogP contribution >= 0.6 is 23.2 Å². The number of aryl methyl sites for hydroxylation is 2. The number of hydrogen-bond acceptors (Lipinski definition) is 11. The number of nitrogens with two attached hydrogens (primary N) is 1. The summed E-state index contributed by atoms with van der Waals surface area (Å²) in [6.45, 7) is 6.83. The van der Waals surface area contributed by atoms with Gasteiger partial charge in [0, 0.05) is 63.1 Å². The van der Waals surface area contributed by atoms with Gasteiger partial charge in [0.15, 0.2) is 0 Å². The van der Waals surface area contributed by atoms with Gasteiger partial charge in [0.1, 0.15) is 29.8 Å². The van der Waals surface area contributed by atoms with Gasteiger partial charge in [0.25, 0.3) is 5.91 Å². The third-order valence-corrected chi connectivity index (χ3v) is 15.1. The van der Waals surface area contributed by atoms with E-state index in [1.54, 1.807) is 36.4 Å². The van der Waals surface area contributed by atoms with E-state index >= 15 is 8.78 Å². The van der Waals surface area contributed by atoms with Crippen molar-refractivity contribution in [3.63, 3.8) is 0 Å². The van der Waals surface area contributed by atoms with Gasteiger partial charge in [-0.3, -0.25) is 4.79 Å². The number of likely N-dealkylation sites (tertiary alicyclic amines) is 2. The first-order valence-corrected chi connectivity index (χ1v) is 27.6. The molecule has 10 rings (SSSR count). The van der Waals surface area contributed by atoms with Crippen molar-refractivity contribution in [1.29, 1.82) is 0 Å². The van der Waals surface area contributed by atoms with Crippen LogP contribution in [0, 0.1) is 31.1 Å². The minimum Gasteiger partial charge on any atom is -0.484 e. The van der Waals surface area contributed by atoms with Crippen LogP contribution < -0.4 is 20.5 Å². The molecule has 80 heavy (non-hydrogen) atoms. The van der Waals surface area contributed by atoms with E-state index in [9.17, 15) is 28.6 Å². The number of carboxylic acid groups (broad SMARTS) is 1. The molecule has 4 atom stereocenters. The Balaban J connectivity index is 0.000000190. The predicted molar refractivity (Wildman–Crippen MR) is 297 cm³/mol. The third kappa shape index (κ3) is 17.7. The molecule has 4 heterocycles. The Bertz CT molecular complexity index is 2980. The van der Waals surface area contributed by atoms with Crippen LogP contribution in [0.25, 0.3) is 21.5 Å². The number of carbonyl (C=O) groups excluding carboxylic acids is 1. The second-order valence-corrected chi connectivity index (χ2v) is 21.5. The summed E-state index contributed by atoms with van der Waals surface area (Å²) in [5.74, 6) is -9.63. The van der Waals surface area contributed by atoms with Crippen molar-refractivity contribution in [2.75, 3.05) is 65.7 Å². The Labute approximate surface area is 497 Å². The number of carboxylic acids is 1. The zero-order valence-corrected chi connectivity index (χ0v) is 49.9. The van der Waals surface area contributed by atoms with E-state index < -0.39 is 54.8 Å². The van der Waals surface area contributed by atoms with Crippen LogP contribution in [0.4, 0.5) is 17.6 Å². The number of fused-ring (bicyclic) bond motifs is 2. The topological polar surface area (TPSA) is 176 Å². The summed E-state index contributed by atoms with van der Waals surface area (Å²) in [5.41, 5.74) is 8.75. The molecule has 13 nitrogen and oxygen atoms in total. The van der Waals surface area contributed by atoms with E-state index in [1.807, 2.05) is 84.9 Å². The molecule has 0 radical (unpaired) electrons. The number of nitrogens with zero attached hydrogens (tertiary/aromatic N) is 2. The van der Waals surface area contributed by atoms with Crippen molar-refractivity contribution in [3.8, 4) is 11.5 Å². The van der Waals surface area contributed by atoms with Gasteiger partial charge in [0.05, 0.1) is 48.6 Å². The standard InChI is InChI=1S/C30H33ClF2N2O4.C16H23ClN2O3.C14H12F2O2.U/c31-25-16-23(9-10-27(25)39-24-18-38-19-24)28(36)26(17-35-13-3-4-14-35)34-29(37)30(32,33)12-11-20-7-8-21-5-1-2-6-22(21)15-20;17-13-7-11(3-4-15(13)22-12-9-21-10-12)16(20)14(18)8-19-5-1-2-6-19;15-14(16,13(17)18)8-7-10-5-6-11-3-1-2-4-12(11)9-10;/h1-2,5-10,15-16,24,26,28,36H,3-4,11-14,17-19H2,(H,34,37);3-4,7,12,14,16,20H,1-2,5-6,8-10,18H2;1-6,9H,7-8H2,(H,17,18);/t26-,28-;14-,16?;;/m11../s1. The fourth-order valence-corrected chi connectivity index (χ4v) is 10.2. The summed E-state index contributed by atoms with van der Waals surface area (Å²) in [4.78, 5) is 27.5. The summed E-state index contributed by atoms with van der Waals surface area (Å²) in [5, 5.41) is 37.2. The normalized spacial score (nSPS) is 17.6. The molecule has 6 aromatic rings. The first kappa shape index (κ1) is 63.0. The van der Waals surface area contributed by atoms with E-state index in [4.69, 9.17) is 53.0 Å². The monoisotopic (exact) mass is 1370 g/mol. The number of amides is 1. The van der Waals surface area contributed by atoms with Gasteiger partial charge in [-0.05, 0) is 133 Å². The number of benzene rings is 6.